The molecule has 118 valence electrons. The van der Waals surface area contributed by atoms with Crippen LogP contribution in [0.1, 0.15) is 19.7 Å². The van der Waals surface area contributed by atoms with Crippen LogP contribution in [0.4, 0.5) is 13.2 Å². The first-order valence-electron chi connectivity index (χ1n) is 5.86. The summed E-state index contributed by atoms with van der Waals surface area (Å²) in [5, 5.41) is -0.286. The zero-order chi connectivity index (χ0) is 16.7. The van der Waals surface area contributed by atoms with Crippen molar-refractivity contribution in [1.82, 2.24) is 4.57 Å². The Kier molecular flexibility index (Phi) is 5.70. The molecule has 0 atom stereocenters. The standard InChI is InChI=1S/C10H6Cl4F3N2.C2H6/c1-18-7-5(13)3(11)4(12)6(14)8(7)19(2)9(18)10(15,16)17;1-2/h1-2H3;1-2H3/q+1;. The Morgan fingerprint density at radius 3 is 1.76 bits per heavy atom. The van der Waals surface area contributed by atoms with E-state index in [4.69, 9.17) is 46.4 Å². The highest BCUT2D eigenvalue weighted by Gasteiger charge is 2.46. The van der Waals surface area contributed by atoms with E-state index < -0.39 is 12.0 Å². The van der Waals surface area contributed by atoms with Gasteiger partial charge in [-0.1, -0.05) is 60.3 Å². The molecule has 0 fully saturated rings. The summed E-state index contributed by atoms with van der Waals surface area (Å²) in [6.45, 7) is 4.00. The molecular formula is C12H12Cl4F3N2+. The first-order valence-corrected chi connectivity index (χ1v) is 7.37. The molecule has 0 aliphatic heterocycles. The third-order valence-corrected chi connectivity index (χ3v) is 4.56. The lowest BCUT2D eigenvalue weighted by Gasteiger charge is -2.02. The van der Waals surface area contributed by atoms with Crippen LogP contribution < -0.4 is 4.57 Å². The fourth-order valence-electron chi connectivity index (χ4n) is 2.04. The molecule has 0 amide bonds. The van der Waals surface area contributed by atoms with Crippen LogP contribution in [0.3, 0.4) is 0 Å². The Balaban J connectivity index is 0.00000106. The van der Waals surface area contributed by atoms with Gasteiger partial charge in [0, 0.05) is 0 Å². The lowest BCUT2D eigenvalue weighted by Crippen LogP contribution is -2.38. The van der Waals surface area contributed by atoms with E-state index in [0.717, 1.165) is 9.13 Å². The molecule has 9 heteroatoms. The smallest absolute Gasteiger partial charge is 0.220 e. The van der Waals surface area contributed by atoms with Gasteiger partial charge in [0.2, 0.25) is 0 Å². The van der Waals surface area contributed by atoms with Gasteiger partial charge in [-0.3, -0.25) is 0 Å². The van der Waals surface area contributed by atoms with Crippen molar-refractivity contribution in [2.45, 2.75) is 20.0 Å². The van der Waals surface area contributed by atoms with Crippen molar-refractivity contribution in [3.05, 3.63) is 25.9 Å². The molecule has 1 aromatic carbocycles. The first kappa shape index (κ1) is 18.7. The van der Waals surface area contributed by atoms with Crippen molar-refractivity contribution < 1.29 is 17.7 Å². The Bertz CT molecular complexity index is 642. The Labute approximate surface area is 140 Å². The van der Waals surface area contributed by atoms with E-state index in [1.807, 2.05) is 13.8 Å². The maximum atomic E-state index is 13.0. The topological polar surface area (TPSA) is 8.81 Å². The highest BCUT2D eigenvalue weighted by atomic mass is 35.5. The van der Waals surface area contributed by atoms with Crippen LogP contribution >= 0.6 is 46.4 Å². The normalized spacial score (nSPS) is 11.6. The van der Waals surface area contributed by atoms with Crippen molar-refractivity contribution in [3.8, 4) is 0 Å². The number of imidazole rings is 1. The third-order valence-electron chi connectivity index (χ3n) is 2.78. The molecule has 0 saturated carbocycles. The molecule has 1 heterocycles. The van der Waals surface area contributed by atoms with E-state index in [1.54, 1.807) is 0 Å². The fourth-order valence-corrected chi connectivity index (χ4v) is 3.12. The van der Waals surface area contributed by atoms with Crippen molar-refractivity contribution in [2.75, 3.05) is 0 Å². The van der Waals surface area contributed by atoms with Gasteiger partial charge in [0.15, 0.2) is 11.0 Å². The first-order chi connectivity index (χ1) is 9.59. The molecule has 2 nitrogen and oxygen atoms in total. The van der Waals surface area contributed by atoms with Gasteiger partial charge >= 0.3 is 12.0 Å². The molecule has 0 spiro atoms. The summed E-state index contributed by atoms with van der Waals surface area (Å²) in [6.07, 6.45) is -4.56. The molecule has 0 N–H and O–H groups in total. The predicted octanol–water partition coefficient (Wildman–Crippen LogP) is 5.66. The maximum absolute atomic E-state index is 13.0. The van der Waals surface area contributed by atoms with Crippen LogP contribution in [-0.2, 0) is 20.3 Å². The molecule has 2 rings (SSSR count). The number of alkyl halides is 3. The minimum atomic E-state index is -4.56. The molecule has 1 aromatic heterocycles. The number of nitrogens with zero attached hydrogens (tertiary/aromatic N) is 2. The molecule has 2 aromatic rings. The summed E-state index contributed by atoms with van der Waals surface area (Å²) >= 11 is 23.6. The Morgan fingerprint density at radius 2 is 1.33 bits per heavy atom. The number of aromatic nitrogens is 2. The van der Waals surface area contributed by atoms with Crippen LogP contribution in [0.25, 0.3) is 11.0 Å². The lowest BCUT2D eigenvalue weighted by molar-refractivity contribution is -0.667. The van der Waals surface area contributed by atoms with Gasteiger partial charge in [-0.15, -0.1) is 0 Å². The Hall–Kier alpha value is -0.360. The largest absolute Gasteiger partial charge is 0.495 e. The number of fused-ring (bicyclic) bond motifs is 1. The monoisotopic (exact) mass is 381 g/mol. The zero-order valence-corrected chi connectivity index (χ0v) is 14.6. The van der Waals surface area contributed by atoms with Crippen LogP contribution in [0, 0.1) is 0 Å². The van der Waals surface area contributed by atoms with Crippen LogP contribution in [0.5, 0.6) is 0 Å². The van der Waals surface area contributed by atoms with Crippen molar-refractivity contribution >= 4 is 57.4 Å². The summed E-state index contributed by atoms with van der Waals surface area (Å²) in [4.78, 5) is 0. The molecule has 0 radical (unpaired) electrons. The van der Waals surface area contributed by atoms with Crippen molar-refractivity contribution in [3.63, 3.8) is 0 Å². The number of benzene rings is 1. The van der Waals surface area contributed by atoms with Crippen molar-refractivity contribution in [1.29, 1.82) is 0 Å². The highest BCUT2D eigenvalue weighted by molar-refractivity contribution is 6.54. The van der Waals surface area contributed by atoms with E-state index in [9.17, 15) is 13.2 Å². The van der Waals surface area contributed by atoms with Crippen molar-refractivity contribution in [2.24, 2.45) is 14.1 Å². The SMILES string of the molecule is CC.Cn1c(C(F)(F)F)[n+](C)c2c(Cl)c(Cl)c(Cl)c(Cl)c21. The van der Waals surface area contributed by atoms with E-state index in [0.29, 0.717) is 0 Å². The third kappa shape index (κ3) is 2.93. The second-order valence-electron chi connectivity index (χ2n) is 3.89. The molecule has 0 unspecified atom stereocenters. The fraction of sp³-hybridized carbons (Fsp3) is 0.417. The molecule has 0 aliphatic carbocycles. The molecule has 0 aliphatic rings. The Morgan fingerprint density at radius 1 is 0.905 bits per heavy atom. The number of aryl methyl sites for hydroxylation is 2. The highest BCUT2D eigenvalue weighted by Crippen LogP contribution is 2.43. The van der Waals surface area contributed by atoms with E-state index >= 15 is 0 Å². The van der Waals surface area contributed by atoms with E-state index in [-0.39, 0.29) is 31.1 Å². The maximum Gasteiger partial charge on any atom is 0.495 e. The van der Waals surface area contributed by atoms with Crippen LogP contribution in [0.15, 0.2) is 0 Å². The second kappa shape index (κ2) is 6.41. The van der Waals surface area contributed by atoms with Gasteiger partial charge in [-0.05, 0) is 0 Å². The summed E-state index contributed by atoms with van der Waals surface area (Å²) in [6, 6.07) is 0. The van der Waals surface area contributed by atoms with E-state index in [2.05, 4.69) is 0 Å². The van der Waals surface area contributed by atoms with Gasteiger partial charge in [-0.2, -0.15) is 13.2 Å². The number of hydrogen-bond donors (Lipinski definition) is 0. The molecule has 21 heavy (non-hydrogen) atoms. The quantitative estimate of drug-likeness (QED) is 0.315. The second-order valence-corrected chi connectivity index (χ2v) is 5.40. The van der Waals surface area contributed by atoms with Gasteiger partial charge in [-0.25, -0.2) is 9.13 Å². The predicted molar refractivity (Wildman–Crippen MR) is 80.5 cm³/mol. The van der Waals surface area contributed by atoms with Gasteiger partial charge in [0.1, 0.15) is 10.0 Å². The summed E-state index contributed by atoms with van der Waals surface area (Å²) in [5.74, 6) is -0.912. The van der Waals surface area contributed by atoms with Gasteiger partial charge in [0.25, 0.3) is 0 Å². The zero-order valence-electron chi connectivity index (χ0n) is 11.5. The number of hydrogen-bond acceptors (Lipinski definition) is 0. The summed E-state index contributed by atoms with van der Waals surface area (Å²) < 4.78 is 40.8. The van der Waals surface area contributed by atoms with Gasteiger partial charge in [0.05, 0.1) is 24.1 Å². The molecule has 0 bridgehead atoms. The average Bonchev–Trinajstić information content (AvgIpc) is 2.67. The number of rotatable bonds is 0. The average molecular weight is 383 g/mol. The molecular weight excluding hydrogens is 371 g/mol. The molecule has 0 saturated heterocycles. The lowest BCUT2D eigenvalue weighted by atomic mass is 10.3. The van der Waals surface area contributed by atoms with Crippen LogP contribution in [0.2, 0.25) is 20.1 Å². The van der Waals surface area contributed by atoms with E-state index in [1.165, 1.54) is 14.1 Å². The van der Waals surface area contributed by atoms with Crippen LogP contribution in [-0.4, -0.2) is 4.57 Å². The summed E-state index contributed by atoms with van der Waals surface area (Å²) in [5.41, 5.74) is 0.159. The number of halogens is 7. The minimum absolute atomic E-state index is 0.0698. The minimum Gasteiger partial charge on any atom is -0.220 e. The van der Waals surface area contributed by atoms with Gasteiger partial charge < -0.3 is 0 Å². The summed E-state index contributed by atoms with van der Waals surface area (Å²) in [7, 11) is 2.47.